The number of aliphatic imine (C=N–C) groups is 1. The Morgan fingerprint density at radius 3 is 2.94 bits per heavy atom. The first-order valence-corrected chi connectivity index (χ1v) is 5.32. The lowest BCUT2D eigenvalue weighted by Crippen LogP contribution is -2.43. The second-order valence-electron chi connectivity index (χ2n) is 3.98. The van der Waals surface area contributed by atoms with Gasteiger partial charge in [-0.05, 0) is 13.3 Å². The molecule has 1 aromatic heterocycles. The van der Waals surface area contributed by atoms with Crippen LogP contribution in [0.1, 0.15) is 18.5 Å². The number of hydrogen-bond acceptors (Lipinski definition) is 3. The van der Waals surface area contributed by atoms with Gasteiger partial charge in [-0.1, -0.05) is 0 Å². The van der Waals surface area contributed by atoms with Gasteiger partial charge < -0.3 is 10.6 Å². The van der Waals surface area contributed by atoms with Crippen molar-refractivity contribution >= 4 is 17.5 Å². The van der Waals surface area contributed by atoms with Crippen molar-refractivity contribution in [2.24, 2.45) is 10.7 Å². The first kappa shape index (κ1) is 10.7. The molecule has 2 rings (SSSR count). The molecule has 0 radical (unpaired) electrons. The fourth-order valence-electron chi connectivity index (χ4n) is 1.52. The van der Waals surface area contributed by atoms with Crippen molar-refractivity contribution in [3.8, 4) is 0 Å². The van der Waals surface area contributed by atoms with Crippen molar-refractivity contribution in [3.63, 3.8) is 0 Å². The SMILES string of the molecule is Cc1cc(N=C(N)CC(=N)N2CCC2)n[nH]1. The van der Waals surface area contributed by atoms with Gasteiger partial charge in [-0.3, -0.25) is 10.5 Å². The van der Waals surface area contributed by atoms with Crippen molar-refractivity contribution in [1.29, 1.82) is 5.41 Å². The van der Waals surface area contributed by atoms with E-state index in [2.05, 4.69) is 15.2 Å². The van der Waals surface area contributed by atoms with Crippen molar-refractivity contribution < 1.29 is 0 Å². The van der Waals surface area contributed by atoms with Gasteiger partial charge in [0.1, 0.15) is 11.7 Å². The molecule has 0 spiro atoms. The highest BCUT2D eigenvalue weighted by molar-refractivity contribution is 6.01. The molecule has 1 saturated heterocycles. The smallest absolute Gasteiger partial charge is 0.175 e. The van der Waals surface area contributed by atoms with E-state index in [1.165, 1.54) is 0 Å². The lowest BCUT2D eigenvalue weighted by atomic mass is 10.2. The Balaban J connectivity index is 1.93. The molecule has 6 nitrogen and oxygen atoms in total. The predicted molar refractivity (Wildman–Crippen MR) is 63.1 cm³/mol. The lowest BCUT2D eigenvalue weighted by molar-refractivity contribution is 0.294. The lowest BCUT2D eigenvalue weighted by Gasteiger charge is -2.33. The van der Waals surface area contributed by atoms with Crippen molar-refractivity contribution in [3.05, 3.63) is 11.8 Å². The molecule has 0 aliphatic carbocycles. The van der Waals surface area contributed by atoms with Gasteiger partial charge in [-0.25, -0.2) is 4.99 Å². The minimum Gasteiger partial charge on any atom is -0.387 e. The molecular formula is C10H16N6. The van der Waals surface area contributed by atoms with Crippen LogP contribution in [0.3, 0.4) is 0 Å². The number of rotatable bonds is 3. The molecule has 1 fully saturated rings. The van der Waals surface area contributed by atoms with Crippen molar-refractivity contribution in [1.82, 2.24) is 15.1 Å². The maximum atomic E-state index is 7.78. The van der Waals surface area contributed by atoms with Crippen LogP contribution in [0.5, 0.6) is 0 Å². The number of aromatic amines is 1. The number of nitrogens with zero attached hydrogens (tertiary/aromatic N) is 3. The minimum atomic E-state index is 0.395. The largest absolute Gasteiger partial charge is 0.387 e. The van der Waals surface area contributed by atoms with Gasteiger partial charge in [0.2, 0.25) is 0 Å². The molecular weight excluding hydrogens is 204 g/mol. The second kappa shape index (κ2) is 4.34. The van der Waals surface area contributed by atoms with Crippen LogP contribution in [0.25, 0.3) is 0 Å². The number of aromatic nitrogens is 2. The standard InChI is InChI=1S/C10H16N6/c1-7-5-10(15-14-7)13-8(11)6-9(12)16-3-2-4-16/h5,12H,2-4,6H2,1H3,(H3,11,13,14,15). The van der Waals surface area contributed by atoms with E-state index in [1.807, 2.05) is 17.9 Å². The third kappa shape index (κ3) is 2.39. The topological polar surface area (TPSA) is 94.2 Å². The number of hydrogen-bond donors (Lipinski definition) is 3. The van der Waals surface area contributed by atoms with Crippen LogP contribution in [0, 0.1) is 12.3 Å². The highest BCUT2D eigenvalue weighted by Gasteiger charge is 2.17. The van der Waals surface area contributed by atoms with E-state index in [-0.39, 0.29) is 0 Å². The summed E-state index contributed by atoms with van der Waals surface area (Å²) in [6.45, 7) is 3.84. The van der Waals surface area contributed by atoms with E-state index in [9.17, 15) is 0 Å². The third-order valence-corrected chi connectivity index (χ3v) is 2.54. The van der Waals surface area contributed by atoms with E-state index < -0.39 is 0 Å². The summed E-state index contributed by atoms with van der Waals surface area (Å²) in [6, 6.07) is 1.82. The van der Waals surface area contributed by atoms with Gasteiger partial charge in [-0.15, -0.1) is 0 Å². The summed E-state index contributed by atoms with van der Waals surface area (Å²) >= 11 is 0. The molecule has 16 heavy (non-hydrogen) atoms. The zero-order valence-corrected chi connectivity index (χ0v) is 9.32. The molecule has 1 aromatic rings. The third-order valence-electron chi connectivity index (χ3n) is 2.54. The molecule has 0 atom stereocenters. The monoisotopic (exact) mass is 220 g/mol. The first-order valence-electron chi connectivity index (χ1n) is 5.32. The predicted octanol–water partition coefficient (Wildman–Crippen LogP) is 0.780. The first-order chi connectivity index (χ1) is 7.65. The number of aryl methyl sites for hydroxylation is 1. The van der Waals surface area contributed by atoms with Gasteiger partial charge >= 0.3 is 0 Å². The molecule has 0 unspecified atom stereocenters. The Morgan fingerprint density at radius 1 is 1.69 bits per heavy atom. The molecule has 6 heteroatoms. The number of H-pyrrole nitrogens is 1. The van der Waals surface area contributed by atoms with E-state index in [0.717, 1.165) is 25.2 Å². The number of amidine groups is 2. The molecule has 0 saturated carbocycles. The zero-order valence-electron chi connectivity index (χ0n) is 9.32. The van der Waals surface area contributed by atoms with Crippen LogP contribution in [0.4, 0.5) is 5.82 Å². The average Bonchev–Trinajstić information content (AvgIpc) is 2.47. The number of nitrogens with one attached hydrogen (secondary N) is 2. The maximum Gasteiger partial charge on any atom is 0.175 e. The Hall–Kier alpha value is -1.85. The second-order valence-corrected chi connectivity index (χ2v) is 3.98. The van der Waals surface area contributed by atoms with Gasteiger partial charge in [0.25, 0.3) is 0 Å². The van der Waals surface area contributed by atoms with Crippen LogP contribution in [0.15, 0.2) is 11.1 Å². The van der Waals surface area contributed by atoms with Crippen molar-refractivity contribution in [2.75, 3.05) is 13.1 Å². The normalized spacial score (nSPS) is 16.1. The quantitative estimate of drug-likeness (QED) is 0.519. The van der Waals surface area contributed by atoms with Crippen LogP contribution in [0.2, 0.25) is 0 Å². The Bertz CT molecular complexity index is 415. The maximum absolute atomic E-state index is 7.78. The van der Waals surface area contributed by atoms with Gasteiger partial charge in [0, 0.05) is 24.8 Å². The van der Waals surface area contributed by atoms with E-state index >= 15 is 0 Å². The summed E-state index contributed by atoms with van der Waals surface area (Å²) < 4.78 is 0. The van der Waals surface area contributed by atoms with E-state index in [1.54, 1.807) is 0 Å². The van der Waals surface area contributed by atoms with Crippen LogP contribution < -0.4 is 5.73 Å². The zero-order chi connectivity index (χ0) is 11.5. The molecule has 1 aliphatic heterocycles. The molecule has 1 aliphatic rings. The summed E-state index contributed by atoms with van der Waals surface area (Å²) in [4.78, 5) is 6.14. The Kier molecular flexibility index (Phi) is 2.89. The molecule has 0 amide bonds. The van der Waals surface area contributed by atoms with Crippen molar-refractivity contribution in [2.45, 2.75) is 19.8 Å². The summed E-state index contributed by atoms with van der Waals surface area (Å²) in [5, 5.41) is 14.5. The van der Waals surface area contributed by atoms with Gasteiger partial charge in [0.15, 0.2) is 5.82 Å². The number of likely N-dealkylation sites (tertiary alicyclic amines) is 1. The molecule has 0 bridgehead atoms. The van der Waals surface area contributed by atoms with E-state index in [4.69, 9.17) is 11.1 Å². The van der Waals surface area contributed by atoms with Crippen LogP contribution in [-0.4, -0.2) is 39.9 Å². The van der Waals surface area contributed by atoms with Crippen LogP contribution >= 0.6 is 0 Å². The van der Waals surface area contributed by atoms with Gasteiger partial charge in [-0.2, -0.15) is 5.10 Å². The van der Waals surface area contributed by atoms with Gasteiger partial charge in [0.05, 0.1) is 6.42 Å². The molecule has 2 heterocycles. The molecule has 86 valence electrons. The fraction of sp³-hybridized carbons (Fsp3) is 0.500. The minimum absolute atomic E-state index is 0.395. The highest BCUT2D eigenvalue weighted by atomic mass is 15.2. The van der Waals surface area contributed by atoms with Crippen LogP contribution in [-0.2, 0) is 0 Å². The Morgan fingerprint density at radius 2 is 2.44 bits per heavy atom. The highest BCUT2D eigenvalue weighted by Crippen LogP contribution is 2.11. The fourth-order valence-corrected chi connectivity index (χ4v) is 1.52. The summed E-state index contributed by atoms with van der Waals surface area (Å²) in [5.74, 6) is 1.55. The molecule has 0 aromatic carbocycles. The summed E-state index contributed by atoms with van der Waals surface area (Å²) in [5.41, 5.74) is 6.71. The number of nitrogens with two attached hydrogens (primary N) is 1. The molecule has 4 N–H and O–H groups in total. The summed E-state index contributed by atoms with van der Waals surface area (Å²) in [7, 11) is 0. The Labute approximate surface area is 94.1 Å². The average molecular weight is 220 g/mol. The summed E-state index contributed by atoms with van der Waals surface area (Å²) in [6.07, 6.45) is 1.56. The van der Waals surface area contributed by atoms with E-state index in [0.29, 0.717) is 23.9 Å².